The first-order valence-corrected chi connectivity index (χ1v) is 5.51. The van der Waals surface area contributed by atoms with E-state index in [2.05, 4.69) is 35.8 Å². The van der Waals surface area contributed by atoms with Gasteiger partial charge in [-0.05, 0) is 11.8 Å². The summed E-state index contributed by atoms with van der Waals surface area (Å²) in [7, 11) is 0. The molecule has 0 saturated carbocycles. The van der Waals surface area contributed by atoms with Crippen LogP contribution in [-0.2, 0) is 5.41 Å². The number of hydrogen-bond donors (Lipinski definition) is 1. The molecule has 0 aliphatic carbocycles. The topological polar surface area (TPSA) is 69.1 Å². The van der Waals surface area contributed by atoms with E-state index in [0.717, 1.165) is 24.1 Å². The lowest BCUT2D eigenvalue weighted by Gasteiger charge is -2.22. The zero-order valence-electron chi connectivity index (χ0n) is 9.94. The summed E-state index contributed by atoms with van der Waals surface area (Å²) in [6.07, 6.45) is 5.55. The van der Waals surface area contributed by atoms with Gasteiger partial charge in [0.25, 0.3) is 0 Å². The van der Waals surface area contributed by atoms with Crippen LogP contribution in [-0.4, -0.2) is 19.6 Å². The second-order valence-electron chi connectivity index (χ2n) is 4.66. The molecule has 2 N–H and O–H groups in total. The average Bonchev–Trinajstić information content (AvgIpc) is 2.63. The largest absolute Gasteiger partial charge is 0.368 e. The smallest absolute Gasteiger partial charge is 0.224 e. The summed E-state index contributed by atoms with van der Waals surface area (Å²) in [5, 5.41) is 4.23. The van der Waals surface area contributed by atoms with Crippen LogP contribution >= 0.6 is 0 Å². The lowest BCUT2D eigenvalue weighted by Crippen LogP contribution is -2.17. The summed E-state index contributed by atoms with van der Waals surface area (Å²) >= 11 is 0. The van der Waals surface area contributed by atoms with Crippen LogP contribution in [0.2, 0.25) is 0 Å². The summed E-state index contributed by atoms with van der Waals surface area (Å²) in [6, 6.07) is 0. The minimum absolute atomic E-state index is 0.0668. The van der Waals surface area contributed by atoms with Crippen LogP contribution in [0.5, 0.6) is 0 Å². The van der Waals surface area contributed by atoms with Crippen molar-refractivity contribution in [2.75, 3.05) is 5.73 Å². The Hall–Kier alpha value is -1.65. The van der Waals surface area contributed by atoms with E-state index in [1.807, 2.05) is 6.20 Å². The van der Waals surface area contributed by atoms with E-state index in [4.69, 9.17) is 5.73 Å². The molecule has 0 spiro atoms. The Morgan fingerprint density at radius 2 is 2.12 bits per heavy atom. The van der Waals surface area contributed by atoms with E-state index in [1.54, 1.807) is 4.52 Å². The van der Waals surface area contributed by atoms with Crippen LogP contribution < -0.4 is 5.73 Å². The van der Waals surface area contributed by atoms with Gasteiger partial charge in [-0.2, -0.15) is 9.61 Å². The van der Waals surface area contributed by atoms with Gasteiger partial charge in [0.2, 0.25) is 5.95 Å². The van der Waals surface area contributed by atoms with Crippen molar-refractivity contribution < 1.29 is 0 Å². The first-order valence-electron chi connectivity index (χ1n) is 5.51. The third-order valence-electron chi connectivity index (χ3n) is 2.93. The number of hydrogen-bond acceptors (Lipinski definition) is 4. The fourth-order valence-electron chi connectivity index (χ4n) is 2.07. The van der Waals surface area contributed by atoms with Gasteiger partial charge in [0.15, 0.2) is 5.65 Å². The Labute approximate surface area is 94.7 Å². The first-order chi connectivity index (χ1) is 7.56. The number of nitrogen functional groups attached to an aromatic ring is 1. The molecular weight excluding hydrogens is 202 g/mol. The molecular formula is C11H17N5. The van der Waals surface area contributed by atoms with Crippen molar-refractivity contribution in [3.05, 3.63) is 18.1 Å². The van der Waals surface area contributed by atoms with Gasteiger partial charge >= 0.3 is 0 Å². The Morgan fingerprint density at radius 1 is 1.38 bits per heavy atom. The van der Waals surface area contributed by atoms with E-state index >= 15 is 0 Å². The fraction of sp³-hybridized carbons (Fsp3) is 0.545. The molecule has 0 unspecified atom stereocenters. The lowest BCUT2D eigenvalue weighted by atomic mass is 9.82. The number of aromatic nitrogens is 4. The van der Waals surface area contributed by atoms with Gasteiger partial charge in [-0.15, -0.1) is 0 Å². The summed E-state index contributed by atoms with van der Waals surface area (Å²) in [5.74, 6) is 0.378. The van der Waals surface area contributed by atoms with Crippen LogP contribution in [0.25, 0.3) is 5.65 Å². The lowest BCUT2D eigenvalue weighted by molar-refractivity contribution is 0.476. The molecule has 2 aromatic heterocycles. The highest BCUT2D eigenvalue weighted by Gasteiger charge is 2.24. The predicted molar refractivity (Wildman–Crippen MR) is 63.1 cm³/mol. The normalized spacial score (nSPS) is 12.2. The van der Waals surface area contributed by atoms with Crippen molar-refractivity contribution in [2.45, 2.75) is 39.0 Å². The quantitative estimate of drug-likeness (QED) is 0.854. The Morgan fingerprint density at radius 3 is 2.81 bits per heavy atom. The van der Waals surface area contributed by atoms with Crippen molar-refractivity contribution in [1.82, 2.24) is 19.6 Å². The summed E-state index contributed by atoms with van der Waals surface area (Å²) < 4.78 is 1.59. The zero-order chi connectivity index (χ0) is 11.8. The first kappa shape index (κ1) is 10.9. The number of nitrogens with zero attached hydrogens (tertiary/aromatic N) is 4. The number of nitrogens with two attached hydrogens (primary N) is 1. The Bertz CT molecular complexity index is 500. The van der Waals surface area contributed by atoms with E-state index in [1.165, 1.54) is 6.33 Å². The van der Waals surface area contributed by atoms with Crippen LogP contribution in [0, 0.1) is 0 Å². The molecule has 2 aromatic rings. The van der Waals surface area contributed by atoms with E-state index in [0.29, 0.717) is 5.95 Å². The maximum atomic E-state index is 5.74. The maximum absolute atomic E-state index is 5.74. The monoisotopic (exact) mass is 219 g/mol. The van der Waals surface area contributed by atoms with Gasteiger partial charge in [0.05, 0.1) is 6.20 Å². The second-order valence-corrected chi connectivity index (χ2v) is 4.66. The molecule has 5 nitrogen and oxygen atoms in total. The van der Waals surface area contributed by atoms with Gasteiger partial charge in [0.1, 0.15) is 6.33 Å². The highest BCUT2D eigenvalue weighted by molar-refractivity contribution is 5.52. The van der Waals surface area contributed by atoms with E-state index in [-0.39, 0.29) is 5.41 Å². The van der Waals surface area contributed by atoms with Crippen LogP contribution in [0.4, 0.5) is 5.95 Å². The zero-order valence-corrected chi connectivity index (χ0v) is 9.94. The minimum Gasteiger partial charge on any atom is -0.368 e. The standard InChI is InChI=1S/C11H17N5/c1-4-5-11(2,3)8-6-15-16-9(8)13-7-14-10(16)12/h6-7H,4-5H2,1-3H3,(H2,12,13,14). The second kappa shape index (κ2) is 3.73. The number of anilines is 1. The van der Waals surface area contributed by atoms with E-state index in [9.17, 15) is 0 Å². The molecule has 0 atom stereocenters. The maximum Gasteiger partial charge on any atom is 0.224 e. The van der Waals surface area contributed by atoms with Crippen molar-refractivity contribution in [1.29, 1.82) is 0 Å². The van der Waals surface area contributed by atoms with Gasteiger partial charge in [0, 0.05) is 5.56 Å². The summed E-state index contributed by atoms with van der Waals surface area (Å²) in [4.78, 5) is 8.18. The predicted octanol–water partition coefficient (Wildman–Crippen LogP) is 1.78. The van der Waals surface area contributed by atoms with Crippen LogP contribution in [0.3, 0.4) is 0 Å². The fourth-order valence-corrected chi connectivity index (χ4v) is 2.07. The van der Waals surface area contributed by atoms with Gasteiger partial charge in [-0.1, -0.05) is 27.2 Å². The van der Waals surface area contributed by atoms with E-state index < -0.39 is 0 Å². The third kappa shape index (κ3) is 1.62. The number of rotatable bonds is 3. The van der Waals surface area contributed by atoms with Crippen molar-refractivity contribution in [2.24, 2.45) is 0 Å². The molecule has 2 rings (SSSR count). The molecule has 0 fully saturated rings. The molecule has 86 valence electrons. The Balaban J connectivity index is 2.58. The summed E-state index contributed by atoms with van der Waals surface area (Å²) in [6.45, 7) is 6.58. The molecule has 0 aromatic carbocycles. The molecule has 16 heavy (non-hydrogen) atoms. The SMILES string of the molecule is CCCC(C)(C)c1cnn2c(N)ncnc12. The average molecular weight is 219 g/mol. The van der Waals surface area contributed by atoms with Gasteiger partial charge in [-0.25, -0.2) is 9.97 Å². The van der Waals surface area contributed by atoms with Crippen molar-refractivity contribution >= 4 is 11.6 Å². The highest BCUT2D eigenvalue weighted by Crippen LogP contribution is 2.30. The molecule has 0 amide bonds. The molecule has 2 heterocycles. The summed E-state index contributed by atoms with van der Waals surface area (Å²) in [5.41, 5.74) is 7.74. The van der Waals surface area contributed by atoms with Crippen LogP contribution in [0.15, 0.2) is 12.5 Å². The molecule has 5 heteroatoms. The molecule has 0 bridgehead atoms. The highest BCUT2D eigenvalue weighted by atomic mass is 15.3. The van der Waals surface area contributed by atoms with Crippen LogP contribution in [0.1, 0.15) is 39.2 Å². The molecule has 0 aliphatic rings. The van der Waals surface area contributed by atoms with Crippen molar-refractivity contribution in [3.8, 4) is 0 Å². The molecule has 0 saturated heterocycles. The number of fused-ring (bicyclic) bond motifs is 1. The Kier molecular flexibility index (Phi) is 2.53. The third-order valence-corrected chi connectivity index (χ3v) is 2.93. The van der Waals surface area contributed by atoms with Crippen molar-refractivity contribution in [3.63, 3.8) is 0 Å². The molecule has 0 radical (unpaired) electrons. The van der Waals surface area contributed by atoms with Gasteiger partial charge in [-0.3, -0.25) is 0 Å². The van der Waals surface area contributed by atoms with Gasteiger partial charge < -0.3 is 5.73 Å². The minimum atomic E-state index is 0.0668. The molecule has 0 aliphatic heterocycles.